The highest BCUT2D eigenvalue weighted by molar-refractivity contribution is 7.92. The third-order valence-electron chi connectivity index (χ3n) is 9.24. The van der Waals surface area contributed by atoms with Gasteiger partial charge in [-0.15, -0.1) is 0 Å². The molecular formula is C34H43F3N6O6S. The van der Waals surface area contributed by atoms with Gasteiger partial charge in [0.1, 0.15) is 11.5 Å². The van der Waals surface area contributed by atoms with Crippen LogP contribution in [0.15, 0.2) is 42.6 Å². The summed E-state index contributed by atoms with van der Waals surface area (Å²) in [5, 5.41) is 6.05. The lowest BCUT2D eigenvalue weighted by Crippen LogP contribution is -2.47. The largest absolute Gasteiger partial charge is 0.497 e. The predicted molar refractivity (Wildman–Crippen MR) is 183 cm³/mol. The molecule has 1 aliphatic carbocycles. The van der Waals surface area contributed by atoms with Gasteiger partial charge in [-0.1, -0.05) is 6.07 Å². The first-order valence-electron chi connectivity index (χ1n) is 16.4. The number of ether oxygens (including phenoxy) is 3. The van der Waals surface area contributed by atoms with Crippen molar-refractivity contribution in [2.24, 2.45) is 0 Å². The van der Waals surface area contributed by atoms with Gasteiger partial charge in [0, 0.05) is 50.0 Å². The van der Waals surface area contributed by atoms with E-state index in [0.717, 1.165) is 62.5 Å². The van der Waals surface area contributed by atoms with Crippen LogP contribution in [-0.4, -0.2) is 95.1 Å². The number of anilines is 3. The van der Waals surface area contributed by atoms with Crippen LogP contribution in [0, 0.1) is 0 Å². The van der Waals surface area contributed by atoms with Crippen molar-refractivity contribution in [1.29, 1.82) is 0 Å². The Labute approximate surface area is 290 Å². The summed E-state index contributed by atoms with van der Waals surface area (Å²) in [6, 6.07) is 10.1. The topological polar surface area (TPSA) is 135 Å². The van der Waals surface area contributed by atoms with Gasteiger partial charge in [0.2, 0.25) is 16.0 Å². The number of carbonyl (C=O) groups is 1. The number of hydrogen-bond donors (Lipinski definition) is 2. The molecule has 0 bridgehead atoms. The van der Waals surface area contributed by atoms with Crippen molar-refractivity contribution in [2.45, 2.75) is 56.8 Å². The van der Waals surface area contributed by atoms with Crippen LogP contribution in [0.5, 0.6) is 11.5 Å². The summed E-state index contributed by atoms with van der Waals surface area (Å²) >= 11 is 0. The van der Waals surface area contributed by atoms with E-state index in [-0.39, 0.29) is 47.9 Å². The molecule has 0 unspecified atom stereocenters. The van der Waals surface area contributed by atoms with Crippen LogP contribution in [0.4, 0.5) is 30.5 Å². The van der Waals surface area contributed by atoms with E-state index in [1.165, 1.54) is 27.3 Å². The van der Waals surface area contributed by atoms with Gasteiger partial charge in [-0.05, 0) is 68.4 Å². The summed E-state index contributed by atoms with van der Waals surface area (Å²) in [6.45, 7) is 3.40. The molecule has 3 aromatic rings. The van der Waals surface area contributed by atoms with Gasteiger partial charge in [-0.2, -0.15) is 13.2 Å². The van der Waals surface area contributed by atoms with Gasteiger partial charge in [-0.25, -0.2) is 18.4 Å². The van der Waals surface area contributed by atoms with Crippen LogP contribution < -0.4 is 24.4 Å². The fourth-order valence-electron chi connectivity index (χ4n) is 6.36. The van der Waals surface area contributed by atoms with E-state index in [1.807, 2.05) is 0 Å². The van der Waals surface area contributed by atoms with Crippen LogP contribution in [0.3, 0.4) is 0 Å². The Morgan fingerprint density at radius 2 is 1.76 bits per heavy atom. The quantitative estimate of drug-likeness (QED) is 0.269. The molecule has 2 aromatic carbocycles. The number of methoxy groups -OCH3 is 2. The normalized spacial score (nSPS) is 18.7. The molecule has 1 saturated heterocycles. The molecule has 272 valence electrons. The Hall–Kier alpha value is -4.15. The number of morpholine rings is 1. The molecule has 5 rings (SSSR count). The van der Waals surface area contributed by atoms with Gasteiger partial charge < -0.3 is 24.8 Å². The molecule has 16 heteroatoms. The maximum absolute atomic E-state index is 14.0. The van der Waals surface area contributed by atoms with Crippen molar-refractivity contribution in [3.8, 4) is 11.5 Å². The van der Waals surface area contributed by atoms with Gasteiger partial charge in [0.05, 0.1) is 56.3 Å². The van der Waals surface area contributed by atoms with Crippen LogP contribution >= 0.6 is 0 Å². The number of alkyl halides is 3. The minimum Gasteiger partial charge on any atom is -0.497 e. The number of hydrogen-bond acceptors (Lipinski definition) is 10. The summed E-state index contributed by atoms with van der Waals surface area (Å²) in [4.78, 5) is 23.8. The SMILES string of the molecule is COc1ccc(CCc2nc(Nc3ccc(C(=O)NC4CCC(N5CCOCC5)CC4)cc3OC)ncc2C(F)(F)F)c(N(C)S(C)(=O)=O)c1. The van der Waals surface area contributed by atoms with Gasteiger partial charge >= 0.3 is 6.18 Å². The zero-order valence-electron chi connectivity index (χ0n) is 28.5. The number of carbonyl (C=O) groups excluding carboxylic acids is 1. The molecule has 1 amide bonds. The number of rotatable bonds is 12. The number of nitrogens with zero attached hydrogens (tertiary/aromatic N) is 4. The molecule has 1 aromatic heterocycles. The molecule has 2 heterocycles. The molecule has 1 saturated carbocycles. The van der Waals surface area contributed by atoms with E-state index in [9.17, 15) is 26.4 Å². The Bertz CT molecular complexity index is 1760. The number of halogens is 3. The Morgan fingerprint density at radius 1 is 1.04 bits per heavy atom. The lowest BCUT2D eigenvalue weighted by atomic mass is 9.89. The van der Waals surface area contributed by atoms with Crippen LogP contribution in [0.1, 0.15) is 52.9 Å². The summed E-state index contributed by atoms with van der Waals surface area (Å²) in [7, 11) is 0.551. The first-order valence-corrected chi connectivity index (χ1v) is 18.2. The van der Waals surface area contributed by atoms with E-state index < -0.39 is 21.8 Å². The number of benzene rings is 2. The number of amides is 1. The van der Waals surface area contributed by atoms with Crippen molar-refractivity contribution >= 4 is 33.3 Å². The number of sulfonamides is 1. The van der Waals surface area contributed by atoms with Crippen LogP contribution in [0.2, 0.25) is 0 Å². The zero-order chi connectivity index (χ0) is 36.1. The molecule has 2 aliphatic rings. The smallest absolute Gasteiger partial charge is 0.419 e. The van der Waals surface area contributed by atoms with E-state index >= 15 is 0 Å². The highest BCUT2D eigenvalue weighted by Gasteiger charge is 2.35. The molecule has 12 nitrogen and oxygen atoms in total. The lowest BCUT2D eigenvalue weighted by Gasteiger charge is -2.38. The van der Waals surface area contributed by atoms with Crippen molar-refractivity contribution in [3.05, 3.63) is 65.0 Å². The van der Waals surface area contributed by atoms with Crippen LogP contribution in [0.25, 0.3) is 0 Å². The predicted octanol–water partition coefficient (Wildman–Crippen LogP) is 4.81. The fraction of sp³-hybridized carbons (Fsp3) is 0.500. The maximum atomic E-state index is 14.0. The number of nitrogens with one attached hydrogen (secondary N) is 2. The Morgan fingerprint density at radius 3 is 2.40 bits per heavy atom. The first-order chi connectivity index (χ1) is 23.8. The second-order valence-corrected chi connectivity index (χ2v) is 14.5. The van der Waals surface area contributed by atoms with E-state index in [1.54, 1.807) is 30.3 Å². The van der Waals surface area contributed by atoms with Gasteiger partial charge in [0.25, 0.3) is 5.91 Å². The summed E-state index contributed by atoms with van der Waals surface area (Å²) in [5.74, 6) is 0.333. The van der Waals surface area contributed by atoms with Crippen molar-refractivity contribution in [3.63, 3.8) is 0 Å². The second-order valence-electron chi connectivity index (χ2n) is 12.4. The van der Waals surface area contributed by atoms with E-state index in [2.05, 4.69) is 25.5 Å². The summed E-state index contributed by atoms with van der Waals surface area (Å²) < 4.78 is 84.0. The molecular weight excluding hydrogens is 677 g/mol. The molecule has 1 aliphatic heterocycles. The third kappa shape index (κ3) is 9.14. The zero-order valence-corrected chi connectivity index (χ0v) is 29.4. The highest BCUT2D eigenvalue weighted by atomic mass is 32.2. The van der Waals surface area contributed by atoms with Crippen molar-refractivity contribution < 1.29 is 40.6 Å². The minimum absolute atomic E-state index is 0.0424. The number of aryl methyl sites for hydroxylation is 2. The Balaban J connectivity index is 1.29. The van der Waals surface area contributed by atoms with E-state index in [4.69, 9.17) is 14.2 Å². The molecule has 50 heavy (non-hydrogen) atoms. The summed E-state index contributed by atoms with van der Waals surface area (Å²) in [5.41, 5.74) is 0.215. The molecule has 2 fully saturated rings. The molecule has 0 atom stereocenters. The molecule has 2 N–H and O–H groups in total. The van der Waals surface area contributed by atoms with Crippen molar-refractivity contribution in [1.82, 2.24) is 20.2 Å². The third-order valence-corrected chi connectivity index (χ3v) is 10.4. The standard InChI is InChI=1S/C34H43F3N6O6S/c1-42(50(4,45)46)30-20-26(47-2)12-5-22(30)6-13-28-27(34(35,36)37)21-38-33(40-28)41-29-14-7-23(19-31(29)48-3)32(44)39-24-8-10-25(11-9-24)43-15-17-49-18-16-43/h5,7,12,14,19-21,24-25H,6,8-11,13,15-18H2,1-4H3,(H,39,44)(H,38,40,41). The first kappa shape index (κ1) is 37.1. The minimum atomic E-state index is -4.73. The number of aromatic nitrogens is 2. The van der Waals surface area contributed by atoms with Gasteiger partial charge in [0.15, 0.2) is 0 Å². The Kier molecular flexibility index (Phi) is 11.7. The monoisotopic (exact) mass is 720 g/mol. The second kappa shape index (κ2) is 15.8. The fourth-order valence-corrected chi connectivity index (χ4v) is 6.89. The average Bonchev–Trinajstić information content (AvgIpc) is 3.10. The maximum Gasteiger partial charge on any atom is 0.419 e. The van der Waals surface area contributed by atoms with Crippen molar-refractivity contribution in [2.75, 3.05) is 63.4 Å². The molecule has 0 radical (unpaired) electrons. The van der Waals surface area contributed by atoms with E-state index in [0.29, 0.717) is 34.8 Å². The lowest BCUT2D eigenvalue weighted by molar-refractivity contribution is -0.138. The summed E-state index contributed by atoms with van der Waals surface area (Å²) in [6.07, 6.45) is 0.661. The highest BCUT2D eigenvalue weighted by Crippen LogP contribution is 2.35. The van der Waals surface area contributed by atoms with Gasteiger partial charge in [-0.3, -0.25) is 14.0 Å². The molecule has 0 spiro atoms. The average molecular weight is 721 g/mol. The van der Waals surface area contributed by atoms with Crippen LogP contribution in [-0.2, 0) is 33.8 Å².